The van der Waals surface area contributed by atoms with Crippen molar-refractivity contribution >= 4 is 17.7 Å². The standard InChI is InChI=1S/C25H29N3O3S/c1-30-22-15-9-8-14-21(22)28-24(20-12-6-3-7-13-20)26-27-25(28)32-17-16-23(29)31-18-19-10-4-2-5-11-19/h2,4-5,8-11,14-15,20H,3,6-7,12-13,16-18H2,1H3. The van der Waals surface area contributed by atoms with Crippen molar-refractivity contribution in [1.82, 2.24) is 14.8 Å². The van der Waals surface area contributed by atoms with Crippen LogP contribution < -0.4 is 4.74 Å². The van der Waals surface area contributed by atoms with Crippen LogP contribution >= 0.6 is 11.8 Å². The molecule has 168 valence electrons. The summed E-state index contributed by atoms with van der Waals surface area (Å²) in [6, 6.07) is 17.7. The number of benzene rings is 2. The van der Waals surface area contributed by atoms with Crippen LogP contribution in [0.2, 0.25) is 0 Å². The van der Waals surface area contributed by atoms with Crippen molar-refractivity contribution in [3.63, 3.8) is 0 Å². The molecule has 6 nitrogen and oxygen atoms in total. The third kappa shape index (κ3) is 5.51. The molecule has 0 bridgehead atoms. The predicted molar refractivity (Wildman–Crippen MR) is 125 cm³/mol. The van der Waals surface area contributed by atoms with Gasteiger partial charge in [0.25, 0.3) is 0 Å². The largest absolute Gasteiger partial charge is 0.495 e. The van der Waals surface area contributed by atoms with Crippen molar-refractivity contribution < 1.29 is 14.3 Å². The van der Waals surface area contributed by atoms with Gasteiger partial charge in [-0.2, -0.15) is 0 Å². The summed E-state index contributed by atoms with van der Waals surface area (Å²) in [5, 5.41) is 9.87. The van der Waals surface area contributed by atoms with Crippen LogP contribution in [0.25, 0.3) is 5.69 Å². The van der Waals surface area contributed by atoms with E-state index >= 15 is 0 Å². The number of methoxy groups -OCH3 is 1. The Morgan fingerprint density at radius 2 is 1.78 bits per heavy atom. The molecule has 1 aliphatic rings. The lowest BCUT2D eigenvalue weighted by atomic mass is 9.88. The number of nitrogens with zero attached hydrogens (tertiary/aromatic N) is 3. The molecule has 1 fully saturated rings. The van der Waals surface area contributed by atoms with Crippen LogP contribution in [0.4, 0.5) is 0 Å². The van der Waals surface area contributed by atoms with E-state index in [9.17, 15) is 4.79 Å². The van der Waals surface area contributed by atoms with Gasteiger partial charge < -0.3 is 9.47 Å². The zero-order valence-corrected chi connectivity index (χ0v) is 19.2. The fourth-order valence-electron chi connectivity index (χ4n) is 4.08. The van der Waals surface area contributed by atoms with E-state index in [4.69, 9.17) is 9.47 Å². The number of esters is 1. The summed E-state index contributed by atoms with van der Waals surface area (Å²) in [4.78, 5) is 12.2. The van der Waals surface area contributed by atoms with Crippen molar-refractivity contribution in [3.05, 3.63) is 66.0 Å². The number of para-hydroxylation sites is 2. The van der Waals surface area contributed by atoms with Crippen LogP contribution in [-0.4, -0.2) is 33.6 Å². The first-order valence-corrected chi connectivity index (χ1v) is 12.2. The summed E-state index contributed by atoms with van der Waals surface area (Å²) in [6.45, 7) is 0.299. The summed E-state index contributed by atoms with van der Waals surface area (Å²) >= 11 is 1.53. The fraction of sp³-hybridized carbons (Fsp3) is 0.400. The number of rotatable bonds is 9. The molecule has 0 amide bonds. The Kier molecular flexibility index (Phi) is 7.82. The molecule has 0 radical (unpaired) electrons. The van der Waals surface area contributed by atoms with Crippen molar-refractivity contribution in [2.75, 3.05) is 12.9 Å². The Hall–Kier alpha value is -2.80. The van der Waals surface area contributed by atoms with Gasteiger partial charge in [-0.15, -0.1) is 10.2 Å². The molecule has 1 heterocycles. The van der Waals surface area contributed by atoms with E-state index in [2.05, 4.69) is 14.8 Å². The van der Waals surface area contributed by atoms with Gasteiger partial charge in [0.1, 0.15) is 18.2 Å². The number of carbonyl (C=O) groups excluding carboxylic acids is 1. The molecule has 0 spiro atoms. The Balaban J connectivity index is 1.46. The first-order chi connectivity index (χ1) is 15.8. The molecule has 7 heteroatoms. The van der Waals surface area contributed by atoms with Crippen LogP contribution in [-0.2, 0) is 16.1 Å². The summed E-state index contributed by atoms with van der Waals surface area (Å²) in [6.07, 6.45) is 6.30. The SMILES string of the molecule is COc1ccccc1-n1c(SCCC(=O)OCc2ccccc2)nnc1C1CCCCC1. The Morgan fingerprint density at radius 1 is 1.03 bits per heavy atom. The van der Waals surface area contributed by atoms with E-state index in [1.807, 2.05) is 54.6 Å². The lowest BCUT2D eigenvalue weighted by Crippen LogP contribution is -2.12. The van der Waals surface area contributed by atoms with Crippen LogP contribution in [0, 0.1) is 0 Å². The molecule has 0 atom stereocenters. The van der Waals surface area contributed by atoms with E-state index in [0.717, 1.165) is 40.8 Å². The van der Waals surface area contributed by atoms with Gasteiger partial charge in [0, 0.05) is 11.7 Å². The number of hydrogen-bond donors (Lipinski definition) is 0. The van der Waals surface area contributed by atoms with Crippen LogP contribution in [0.15, 0.2) is 59.8 Å². The maximum atomic E-state index is 12.2. The summed E-state index contributed by atoms with van der Waals surface area (Å²) < 4.78 is 13.1. The van der Waals surface area contributed by atoms with E-state index in [1.54, 1.807) is 7.11 Å². The minimum atomic E-state index is -0.211. The normalized spacial score (nSPS) is 14.3. The van der Waals surface area contributed by atoms with Crippen molar-refractivity contribution in [1.29, 1.82) is 0 Å². The second-order valence-electron chi connectivity index (χ2n) is 7.93. The second kappa shape index (κ2) is 11.2. The van der Waals surface area contributed by atoms with Gasteiger partial charge in [0.05, 0.1) is 19.2 Å². The molecule has 1 aromatic heterocycles. The smallest absolute Gasteiger partial charge is 0.306 e. The van der Waals surface area contributed by atoms with Gasteiger partial charge >= 0.3 is 5.97 Å². The highest BCUT2D eigenvalue weighted by atomic mass is 32.2. The molecule has 32 heavy (non-hydrogen) atoms. The third-order valence-electron chi connectivity index (χ3n) is 5.73. The lowest BCUT2D eigenvalue weighted by Gasteiger charge is -2.22. The Bertz CT molecular complexity index is 1020. The molecule has 0 unspecified atom stereocenters. The molecule has 0 saturated heterocycles. The summed E-state index contributed by atoms with van der Waals surface area (Å²) in [5.74, 6) is 2.53. The quantitative estimate of drug-likeness (QED) is 0.314. The number of hydrogen-bond acceptors (Lipinski definition) is 6. The van der Waals surface area contributed by atoms with E-state index in [-0.39, 0.29) is 5.97 Å². The zero-order chi connectivity index (χ0) is 22.2. The number of aromatic nitrogens is 3. The maximum absolute atomic E-state index is 12.2. The van der Waals surface area contributed by atoms with Crippen molar-refractivity contribution in [3.8, 4) is 11.4 Å². The predicted octanol–water partition coefficient (Wildman–Crippen LogP) is 5.55. The topological polar surface area (TPSA) is 66.2 Å². The Morgan fingerprint density at radius 3 is 2.56 bits per heavy atom. The summed E-state index contributed by atoms with van der Waals surface area (Å²) in [5.41, 5.74) is 1.93. The molecule has 2 aromatic carbocycles. The van der Waals surface area contributed by atoms with E-state index < -0.39 is 0 Å². The fourth-order valence-corrected chi connectivity index (χ4v) is 4.95. The van der Waals surface area contributed by atoms with E-state index in [0.29, 0.717) is 24.7 Å². The number of carbonyl (C=O) groups is 1. The van der Waals surface area contributed by atoms with Gasteiger partial charge in [-0.05, 0) is 30.5 Å². The average Bonchev–Trinajstić information content (AvgIpc) is 3.27. The van der Waals surface area contributed by atoms with Gasteiger partial charge in [-0.3, -0.25) is 9.36 Å². The number of ether oxygens (including phenoxy) is 2. The number of thioether (sulfide) groups is 1. The van der Waals surface area contributed by atoms with Gasteiger partial charge in [0.2, 0.25) is 0 Å². The minimum Gasteiger partial charge on any atom is -0.495 e. The molecule has 1 aliphatic carbocycles. The zero-order valence-electron chi connectivity index (χ0n) is 18.4. The highest BCUT2D eigenvalue weighted by Crippen LogP contribution is 2.37. The molecule has 0 aliphatic heterocycles. The first kappa shape index (κ1) is 22.4. The highest BCUT2D eigenvalue weighted by Gasteiger charge is 2.25. The molecule has 0 N–H and O–H groups in total. The Labute approximate surface area is 193 Å². The third-order valence-corrected chi connectivity index (χ3v) is 6.67. The average molecular weight is 452 g/mol. The molecule has 1 saturated carbocycles. The van der Waals surface area contributed by atoms with Crippen LogP contribution in [0.1, 0.15) is 55.8 Å². The van der Waals surface area contributed by atoms with Crippen LogP contribution in [0.3, 0.4) is 0 Å². The summed E-state index contributed by atoms with van der Waals surface area (Å²) in [7, 11) is 1.68. The van der Waals surface area contributed by atoms with Gasteiger partial charge in [0.15, 0.2) is 5.16 Å². The van der Waals surface area contributed by atoms with Crippen LogP contribution in [0.5, 0.6) is 5.75 Å². The molecular weight excluding hydrogens is 422 g/mol. The molecular formula is C25H29N3O3S. The monoisotopic (exact) mass is 451 g/mol. The molecule has 4 rings (SSSR count). The van der Waals surface area contributed by atoms with Gasteiger partial charge in [-0.25, -0.2) is 0 Å². The maximum Gasteiger partial charge on any atom is 0.306 e. The van der Waals surface area contributed by atoms with Crippen molar-refractivity contribution in [2.24, 2.45) is 0 Å². The van der Waals surface area contributed by atoms with Crippen molar-refractivity contribution in [2.45, 2.75) is 56.2 Å². The molecule has 3 aromatic rings. The highest BCUT2D eigenvalue weighted by molar-refractivity contribution is 7.99. The minimum absolute atomic E-state index is 0.211. The van der Waals surface area contributed by atoms with Gasteiger partial charge in [-0.1, -0.05) is 73.5 Å². The first-order valence-electron chi connectivity index (χ1n) is 11.2. The second-order valence-corrected chi connectivity index (χ2v) is 8.99. The van der Waals surface area contributed by atoms with E-state index in [1.165, 1.54) is 31.0 Å². The lowest BCUT2D eigenvalue weighted by molar-refractivity contribution is -0.144.